The number of rotatable bonds is 6. The van der Waals surface area contributed by atoms with Gasteiger partial charge in [-0.2, -0.15) is 0 Å². The molecule has 0 bridgehead atoms. The Kier molecular flexibility index (Phi) is 5.31. The average Bonchev–Trinajstić information content (AvgIpc) is 2.75. The summed E-state index contributed by atoms with van der Waals surface area (Å²) in [7, 11) is 3.32. The molecule has 0 aliphatic carbocycles. The van der Waals surface area contributed by atoms with Crippen LogP contribution in [0.5, 0.6) is 11.5 Å². The van der Waals surface area contributed by atoms with Gasteiger partial charge >= 0.3 is 0 Å². The number of fused-ring (bicyclic) bond motifs is 2. The molecular formula is C24H25NO3. The van der Waals surface area contributed by atoms with Gasteiger partial charge in [0.15, 0.2) is 17.3 Å². The van der Waals surface area contributed by atoms with E-state index in [9.17, 15) is 4.79 Å². The van der Waals surface area contributed by atoms with Crippen molar-refractivity contribution in [3.05, 3.63) is 71.3 Å². The molecule has 0 spiro atoms. The fourth-order valence-electron chi connectivity index (χ4n) is 3.90. The van der Waals surface area contributed by atoms with Crippen molar-refractivity contribution in [2.24, 2.45) is 0 Å². The lowest BCUT2D eigenvalue weighted by molar-refractivity contribution is 0.0961. The number of carbonyl (C=O) groups is 1. The number of ketones is 1. The van der Waals surface area contributed by atoms with E-state index in [0.717, 1.165) is 53.9 Å². The van der Waals surface area contributed by atoms with Gasteiger partial charge in [-0.3, -0.25) is 9.69 Å². The van der Waals surface area contributed by atoms with Crippen LogP contribution in [0, 0.1) is 0 Å². The normalized spacial score (nSPS) is 13.9. The fraction of sp³-hybridized carbons (Fsp3) is 0.292. The highest BCUT2D eigenvalue weighted by Gasteiger charge is 2.20. The van der Waals surface area contributed by atoms with Gasteiger partial charge < -0.3 is 9.47 Å². The van der Waals surface area contributed by atoms with Crippen molar-refractivity contribution in [1.29, 1.82) is 0 Å². The van der Waals surface area contributed by atoms with Gasteiger partial charge in [-0.15, -0.1) is 0 Å². The van der Waals surface area contributed by atoms with Crippen LogP contribution in [-0.4, -0.2) is 38.0 Å². The SMILES string of the molecule is COc1cc2c(cc1OC)CN(CCC(=O)c1ccc3ccccc3c1)CC2. The third-order valence-electron chi connectivity index (χ3n) is 5.52. The Hall–Kier alpha value is -2.85. The van der Waals surface area contributed by atoms with Crippen LogP contribution in [0.25, 0.3) is 10.8 Å². The second-order valence-corrected chi connectivity index (χ2v) is 7.24. The molecule has 1 heterocycles. The lowest BCUT2D eigenvalue weighted by Crippen LogP contribution is -2.32. The maximum Gasteiger partial charge on any atom is 0.164 e. The van der Waals surface area contributed by atoms with E-state index in [1.54, 1.807) is 14.2 Å². The van der Waals surface area contributed by atoms with E-state index in [2.05, 4.69) is 29.2 Å². The Morgan fingerprint density at radius 1 is 0.929 bits per heavy atom. The van der Waals surface area contributed by atoms with E-state index in [1.807, 2.05) is 30.3 Å². The van der Waals surface area contributed by atoms with Crippen molar-refractivity contribution in [2.75, 3.05) is 27.3 Å². The number of benzene rings is 3. The molecule has 0 atom stereocenters. The summed E-state index contributed by atoms with van der Waals surface area (Å²) in [6.45, 7) is 2.55. The molecule has 3 aromatic rings. The second kappa shape index (κ2) is 8.03. The predicted octanol–water partition coefficient (Wildman–Crippen LogP) is 4.49. The summed E-state index contributed by atoms with van der Waals surface area (Å²) in [5.41, 5.74) is 3.35. The lowest BCUT2D eigenvalue weighted by atomic mass is 9.98. The van der Waals surface area contributed by atoms with Crippen LogP contribution in [0.15, 0.2) is 54.6 Å². The van der Waals surface area contributed by atoms with Gasteiger partial charge in [-0.1, -0.05) is 36.4 Å². The van der Waals surface area contributed by atoms with Gasteiger partial charge in [0.1, 0.15) is 0 Å². The molecule has 0 N–H and O–H groups in total. The van der Waals surface area contributed by atoms with Crippen molar-refractivity contribution >= 4 is 16.6 Å². The zero-order valence-electron chi connectivity index (χ0n) is 16.4. The first-order valence-corrected chi connectivity index (χ1v) is 9.66. The first kappa shape index (κ1) is 18.5. The number of ether oxygens (including phenoxy) is 2. The molecule has 0 fully saturated rings. The fourth-order valence-corrected chi connectivity index (χ4v) is 3.90. The largest absolute Gasteiger partial charge is 0.493 e. The molecule has 28 heavy (non-hydrogen) atoms. The average molecular weight is 375 g/mol. The van der Waals surface area contributed by atoms with Crippen LogP contribution in [0.2, 0.25) is 0 Å². The van der Waals surface area contributed by atoms with Crippen LogP contribution in [0.1, 0.15) is 27.9 Å². The quantitative estimate of drug-likeness (QED) is 0.595. The molecule has 1 aliphatic rings. The smallest absolute Gasteiger partial charge is 0.164 e. The van der Waals surface area contributed by atoms with E-state index >= 15 is 0 Å². The Bertz CT molecular complexity index is 1010. The van der Waals surface area contributed by atoms with Crippen LogP contribution in [0.4, 0.5) is 0 Å². The molecule has 4 nitrogen and oxygen atoms in total. The third-order valence-corrected chi connectivity index (χ3v) is 5.52. The maximum atomic E-state index is 12.7. The zero-order valence-corrected chi connectivity index (χ0v) is 16.4. The molecule has 3 aromatic carbocycles. The topological polar surface area (TPSA) is 38.8 Å². The Morgan fingerprint density at radius 3 is 2.39 bits per heavy atom. The Morgan fingerprint density at radius 2 is 1.64 bits per heavy atom. The molecule has 0 saturated heterocycles. The van der Waals surface area contributed by atoms with E-state index < -0.39 is 0 Å². The number of methoxy groups -OCH3 is 2. The summed E-state index contributed by atoms with van der Waals surface area (Å²) in [6, 6.07) is 18.2. The number of hydrogen-bond donors (Lipinski definition) is 0. The summed E-state index contributed by atoms with van der Waals surface area (Å²) < 4.78 is 10.8. The highest BCUT2D eigenvalue weighted by atomic mass is 16.5. The van der Waals surface area contributed by atoms with Crippen molar-refractivity contribution in [3.63, 3.8) is 0 Å². The molecule has 0 aromatic heterocycles. The molecule has 1 aliphatic heterocycles. The van der Waals surface area contributed by atoms with E-state index in [-0.39, 0.29) is 5.78 Å². The minimum atomic E-state index is 0.198. The van der Waals surface area contributed by atoms with Gasteiger partial charge in [-0.25, -0.2) is 0 Å². The van der Waals surface area contributed by atoms with Gasteiger partial charge in [-0.05, 0) is 46.5 Å². The molecule has 0 unspecified atom stereocenters. The number of hydrogen-bond acceptors (Lipinski definition) is 4. The van der Waals surface area contributed by atoms with E-state index in [0.29, 0.717) is 6.42 Å². The Balaban J connectivity index is 1.42. The van der Waals surface area contributed by atoms with E-state index in [1.165, 1.54) is 11.1 Å². The molecule has 4 heteroatoms. The predicted molar refractivity (Wildman–Crippen MR) is 111 cm³/mol. The zero-order chi connectivity index (χ0) is 19.5. The molecule has 144 valence electrons. The van der Waals surface area contributed by atoms with Crippen LogP contribution < -0.4 is 9.47 Å². The van der Waals surface area contributed by atoms with Crippen molar-refractivity contribution in [2.45, 2.75) is 19.4 Å². The third kappa shape index (κ3) is 3.73. The summed E-state index contributed by atoms with van der Waals surface area (Å²) in [6.07, 6.45) is 1.49. The molecule has 0 amide bonds. The second-order valence-electron chi connectivity index (χ2n) is 7.24. The van der Waals surface area contributed by atoms with Gasteiger partial charge in [0.05, 0.1) is 14.2 Å². The highest BCUT2D eigenvalue weighted by Crippen LogP contribution is 2.33. The van der Waals surface area contributed by atoms with Crippen molar-refractivity contribution in [1.82, 2.24) is 4.90 Å². The first-order valence-electron chi connectivity index (χ1n) is 9.66. The summed E-state index contributed by atoms with van der Waals surface area (Å²) in [5.74, 6) is 1.74. The standard InChI is InChI=1S/C24H25NO3/c1-27-23-14-19-9-11-25(16-21(19)15-24(23)28-2)12-10-22(26)20-8-7-17-5-3-4-6-18(17)13-20/h3-8,13-15H,9-12,16H2,1-2H3. The molecular weight excluding hydrogens is 350 g/mol. The number of carbonyl (C=O) groups excluding carboxylic acids is 1. The van der Waals surface area contributed by atoms with Crippen LogP contribution >= 0.6 is 0 Å². The summed E-state index contributed by atoms with van der Waals surface area (Å²) >= 11 is 0. The van der Waals surface area contributed by atoms with Gasteiger partial charge in [0.2, 0.25) is 0 Å². The van der Waals surface area contributed by atoms with Gasteiger partial charge in [0.25, 0.3) is 0 Å². The van der Waals surface area contributed by atoms with E-state index in [4.69, 9.17) is 9.47 Å². The van der Waals surface area contributed by atoms with Gasteiger partial charge in [0, 0.05) is 31.6 Å². The molecule has 0 saturated carbocycles. The number of nitrogens with zero attached hydrogens (tertiary/aromatic N) is 1. The monoisotopic (exact) mass is 375 g/mol. The van der Waals surface area contributed by atoms with Crippen molar-refractivity contribution < 1.29 is 14.3 Å². The summed E-state index contributed by atoms with van der Waals surface area (Å²) in [4.78, 5) is 15.0. The minimum absolute atomic E-state index is 0.198. The molecule has 4 rings (SSSR count). The summed E-state index contributed by atoms with van der Waals surface area (Å²) in [5, 5.41) is 2.28. The van der Waals surface area contributed by atoms with Crippen LogP contribution in [-0.2, 0) is 13.0 Å². The lowest BCUT2D eigenvalue weighted by Gasteiger charge is -2.29. The Labute approximate surface area is 165 Å². The molecule has 0 radical (unpaired) electrons. The van der Waals surface area contributed by atoms with Crippen LogP contribution in [0.3, 0.4) is 0 Å². The number of Topliss-reactive ketones (excluding diaryl/α,β-unsaturated/α-hetero) is 1. The van der Waals surface area contributed by atoms with Crippen molar-refractivity contribution in [3.8, 4) is 11.5 Å². The highest BCUT2D eigenvalue weighted by molar-refractivity contribution is 6.00. The minimum Gasteiger partial charge on any atom is -0.493 e. The maximum absolute atomic E-state index is 12.7. The first-order chi connectivity index (χ1) is 13.7.